The summed E-state index contributed by atoms with van der Waals surface area (Å²) in [5.74, 6) is 0.994. The molecule has 1 N–H and O–H groups in total. The average molecular weight is 284 g/mol. The Morgan fingerprint density at radius 2 is 1.74 bits per heavy atom. The fourth-order valence-corrected chi connectivity index (χ4v) is 2.46. The van der Waals surface area contributed by atoms with Crippen LogP contribution >= 0.6 is 11.6 Å². The fraction of sp³-hybridized carbons (Fsp3) is 0.625. The van der Waals surface area contributed by atoms with Crippen molar-refractivity contribution in [2.45, 2.75) is 46.5 Å². The second-order valence-corrected chi connectivity index (χ2v) is 5.46. The number of ether oxygens (including phenoxy) is 1. The first-order valence-electron chi connectivity index (χ1n) is 7.25. The molecule has 3 heteroatoms. The molecule has 0 saturated carbocycles. The Kier molecular flexibility index (Phi) is 7.92. The molecule has 0 aliphatic rings. The van der Waals surface area contributed by atoms with Crippen molar-refractivity contribution in [2.75, 3.05) is 19.7 Å². The second kappa shape index (κ2) is 9.22. The maximum absolute atomic E-state index is 6.00. The van der Waals surface area contributed by atoms with E-state index in [4.69, 9.17) is 16.3 Å². The highest BCUT2D eigenvalue weighted by Crippen LogP contribution is 2.27. The van der Waals surface area contributed by atoms with Crippen LogP contribution in [0.25, 0.3) is 0 Å². The van der Waals surface area contributed by atoms with Crippen LogP contribution in [-0.2, 0) is 0 Å². The zero-order chi connectivity index (χ0) is 14.1. The zero-order valence-corrected chi connectivity index (χ0v) is 13.1. The molecule has 0 aromatic heterocycles. The lowest BCUT2D eigenvalue weighted by molar-refractivity contribution is 0.301. The summed E-state index contributed by atoms with van der Waals surface area (Å²) in [5.41, 5.74) is 2.24. The fourth-order valence-electron chi connectivity index (χ4n) is 2.13. The summed E-state index contributed by atoms with van der Waals surface area (Å²) in [4.78, 5) is 0. The van der Waals surface area contributed by atoms with Gasteiger partial charge in [-0.15, -0.1) is 0 Å². The monoisotopic (exact) mass is 283 g/mol. The number of hydrogen-bond donors (Lipinski definition) is 1. The Bertz CT molecular complexity index is 356. The highest BCUT2D eigenvalue weighted by Gasteiger charge is 2.05. The van der Waals surface area contributed by atoms with Crippen molar-refractivity contribution in [3.8, 4) is 5.75 Å². The number of halogens is 1. The van der Waals surface area contributed by atoms with Crippen molar-refractivity contribution in [1.29, 1.82) is 0 Å². The lowest BCUT2D eigenvalue weighted by Crippen LogP contribution is -2.15. The van der Waals surface area contributed by atoms with E-state index in [-0.39, 0.29) is 0 Å². The van der Waals surface area contributed by atoms with Gasteiger partial charge in [-0.25, -0.2) is 0 Å². The predicted octanol–water partition coefficient (Wildman–Crippen LogP) is 4.51. The summed E-state index contributed by atoms with van der Waals surface area (Å²) in [6.45, 7) is 9.31. The minimum Gasteiger partial charge on any atom is -0.493 e. The number of benzene rings is 1. The second-order valence-electron chi connectivity index (χ2n) is 5.03. The molecule has 0 atom stereocenters. The zero-order valence-electron chi connectivity index (χ0n) is 12.4. The van der Waals surface area contributed by atoms with E-state index in [0.717, 1.165) is 48.0 Å². The molecule has 0 fully saturated rings. The van der Waals surface area contributed by atoms with Gasteiger partial charge in [0.1, 0.15) is 5.75 Å². The van der Waals surface area contributed by atoms with Crippen LogP contribution in [0.3, 0.4) is 0 Å². The maximum Gasteiger partial charge on any atom is 0.125 e. The van der Waals surface area contributed by atoms with Crippen molar-refractivity contribution < 1.29 is 4.74 Å². The van der Waals surface area contributed by atoms with Gasteiger partial charge in [0.2, 0.25) is 0 Å². The van der Waals surface area contributed by atoms with Crippen LogP contribution in [-0.4, -0.2) is 19.7 Å². The molecular formula is C16H26ClNO. The molecule has 0 aliphatic carbocycles. The third-order valence-electron chi connectivity index (χ3n) is 3.10. The first kappa shape index (κ1) is 16.3. The van der Waals surface area contributed by atoms with E-state index in [1.807, 2.05) is 26.0 Å². The van der Waals surface area contributed by atoms with Crippen LogP contribution in [0.4, 0.5) is 0 Å². The molecular weight excluding hydrogens is 258 g/mol. The third-order valence-corrected chi connectivity index (χ3v) is 3.31. The molecule has 0 heterocycles. The van der Waals surface area contributed by atoms with Crippen molar-refractivity contribution >= 4 is 11.6 Å². The summed E-state index contributed by atoms with van der Waals surface area (Å²) in [6, 6.07) is 3.91. The molecule has 19 heavy (non-hydrogen) atoms. The maximum atomic E-state index is 6.00. The largest absolute Gasteiger partial charge is 0.493 e. The van der Waals surface area contributed by atoms with E-state index < -0.39 is 0 Å². The number of aryl methyl sites for hydroxylation is 2. The van der Waals surface area contributed by atoms with Crippen LogP contribution in [0.1, 0.15) is 43.7 Å². The lowest BCUT2D eigenvalue weighted by atomic mass is 10.1. The molecule has 0 spiro atoms. The van der Waals surface area contributed by atoms with Crippen molar-refractivity contribution in [3.05, 3.63) is 28.3 Å². The molecule has 1 aromatic rings. The van der Waals surface area contributed by atoms with E-state index in [1.54, 1.807) is 0 Å². The number of unbranched alkanes of at least 4 members (excludes halogenated alkanes) is 2. The standard InChI is InChI=1S/C16H26ClNO/c1-4-8-18-9-6-5-7-10-19-16-13(2)11-15(17)12-14(16)3/h11-12,18H,4-10H2,1-3H3. The summed E-state index contributed by atoms with van der Waals surface area (Å²) >= 11 is 6.00. The van der Waals surface area contributed by atoms with Crippen molar-refractivity contribution in [1.82, 2.24) is 5.32 Å². The highest BCUT2D eigenvalue weighted by molar-refractivity contribution is 6.30. The van der Waals surface area contributed by atoms with Gasteiger partial charge in [-0.3, -0.25) is 0 Å². The van der Waals surface area contributed by atoms with Gasteiger partial charge < -0.3 is 10.1 Å². The van der Waals surface area contributed by atoms with E-state index >= 15 is 0 Å². The molecule has 0 radical (unpaired) electrons. The summed E-state index contributed by atoms with van der Waals surface area (Å²) < 4.78 is 5.87. The van der Waals surface area contributed by atoms with Gasteiger partial charge in [-0.1, -0.05) is 18.5 Å². The summed E-state index contributed by atoms with van der Waals surface area (Å²) in [7, 11) is 0. The van der Waals surface area contributed by atoms with Gasteiger partial charge >= 0.3 is 0 Å². The number of rotatable bonds is 9. The Labute approximate surface area is 122 Å². The Morgan fingerprint density at radius 1 is 1.05 bits per heavy atom. The minimum absolute atomic E-state index is 0.782. The quantitative estimate of drug-likeness (QED) is 0.674. The Hall–Kier alpha value is -0.730. The molecule has 1 rings (SSSR count). The Morgan fingerprint density at radius 3 is 2.37 bits per heavy atom. The molecule has 0 unspecified atom stereocenters. The van der Waals surface area contributed by atoms with E-state index in [1.165, 1.54) is 19.3 Å². The smallest absolute Gasteiger partial charge is 0.125 e. The normalized spacial score (nSPS) is 10.7. The van der Waals surface area contributed by atoms with E-state index in [9.17, 15) is 0 Å². The molecule has 0 amide bonds. The van der Waals surface area contributed by atoms with Gasteiger partial charge in [-0.05, 0) is 75.9 Å². The molecule has 108 valence electrons. The SMILES string of the molecule is CCCNCCCCCOc1c(C)cc(Cl)cc1C. The number of nitrogens with one attached hydrogen (secondary N) is 1. The van der Waals surface area contributed by atoms with Gasteiger partial charge in [0.05, 0.1) is 6.61 Å². The molecule has 2 nitrogen and oxygen atoms in total. The van der Waals surface area contributed by atoms with Gasteiger partial charge in [0.15, 0.2) is 0 Å². The van der Waals surface area contributed by atoms with Crippen LogP contribution in [0.5, 0.6) is 5.75 Å². The molecule has 1 aromatic carbocycles. The molecule has 0 aliphatic heterocycles. The average Bonchev–Trinajstić information content (AvgIpc) is 2.35. The molecule has 0 bridgehead atoms. The van der Waals surface area contributed by atoms with E-state index in [2.05, 4.69) is 12.2 Å². The topological polar surface area (TPSA) is 21.3 Å². The van der Waals surface area contributed by atoms with Gasteiger partial charge in [0.25, 0.3) is 0 Å². The van der Waals surface area contributed by atoms with Crippen LogP contribution in [0.2, 0.25) is 5.02 Å². The molecule has 0 saturated heterocycles. The first-order valence-corrected chi connectivity index (χ1v) is 7.63. The predicted molar refractivity (Wildman–Crippen MR) is 83.4 cm³/mol. The van der Waals surface area contributed by atoms with Crippen LogP contribution < -0.4 is 10.1 Å². The van der Waals surface area contributed by atoms with E-state index in [0.29, 0.717) is 0 Å². The third kappa shape index (κ3) is 6.31. The Balaban J connectivity index is 2.19. The van der Waals surface area contributed by atoms with Crippen LogP contribution in [0.15, 0.2) is 12.1 Å². The van der Waals surface area contributed by atoms with Gasteiger partial charge in [0, 0.05) is 5.02 Å². The highest BCUT2D eigenvalue weighted by atomic mass is 35.5. The first-order chi connectivity index (χ1) is 9.15. The van der Waals surface area contributed by atoms with Crippen molar-refractivity contribution in [3.63, 3.8) is 0 Å². The minimum atomic E-state index is 0.782. The summed E-state index contributed by atoms with van der Waals surface area (Å²) in [6.07, 6.45) is 4.75. The van der Waals surface area contributed by atoms with Crippen LogP contribution in [0, 0.1) is 13.8 Å². The number of hydrogen-bond acceptors (Lipinski definition) is 2. The summed E-state index contributed by atoms with van der Waals surface area (Å²) in [5, 5.41) is 4.19. The lowest BCUT2D eigenvalue weighted by Gasteiger charge is -2.12. The van der Waals surface area contributed by atoms with Gasteiger partial charge in [-0.2, -0.15) is 0 Å². The van der Waals surface area contributed by atoms with Crippen molar-refractivity contribution in [2.24, 2.45) is 0 Å².